The monoisotopic (exact) mass is 367 g/mol. The van der Waals surface area contributed by atoms with Crippen LogP contribution in [0.25, 0.3) is 0 Å². The smallest absolute Gasteiger partial charge is 0.237 e. The Kier molecular flexibility index (Phi) is 6.54. The number of rotatable bonds is 5. The summed E-state index contributed by atoms with van der Waals surface area (Å²) in [6, 6.07) is 0.0742. The third kappa shape index (κ3) is 4.56. The van der Waals surface area contributed by atoms with Crippen molar-refractivity contribution in [1.29, 1.82) is 0 Å². The Morgan fingerprint density at radius 1 is 1.15 bits per heavy atom. The highest BCUT2D eigenvalue weighted by atomic mass is 19.1. The van der Waals surface area contributed by atoms with Gasteiger partial charge in [0.15, 0.2) is 0 Å². The molecule has 0 bridgehead atoms. The molecule has 7 atom stereocenters. The molecule has 0 radical (unpaired) electrons. The van der Waals surface area contributed by atoms with Crippen molar-refractivity contribution in [1.82, 2.24) is 16.0 Å². The number of hydrogen-bond donors (Lipinski definition) is 3. The van der Waals surface area contributed by atoms with Crippen molar-refractivity contribution in [3.05, 3.63) is 0 Å². The molecule has 2 aliphatic carbocycles. The van der Waals surface area contributed by atoms with Crippen LogP contribution in [0.1, 0.15) is 64.7 Å². The number of fused-ring (bicyclic) bond motifs is 1. The summed E-state index contributed by atoms with van der Waals surface area (Å²) in [6.07, 6.45) is 7.01. The average molecular weight is 368 g/mol. The van der Waals surface area contributed by atoms with Crippen molar-refractivity contribution >= 4 is 11.8 Å². The minimum atomic E-state index is -0.773. The van der Waals surface area contributed by atoms with Gasteiger partial charge in [-0.3, -0.25) is 9.59 Å². The first-order valence-electron chi connectivity index (χ1n) is 10.4. The fraction of sp³-hybridized carbons (Fsp3) is 0.900. The van der Waals surface area contributed by atoms with E-state index in [0.717, 1.165) is 38.5 Å². The molecule has 5 nitrogen and oxygen atoms in total. The highest BCUT2D eigenvalue weighted by molar-refractivity contribution is 5.82. The average Bonchev–Trinajstić information content (AvgIpc) is 3.10. The first-order chi connectivity index (χ1) is 12.5. The highest BCUT2D eigenvalue weighted by Gasteiger charge is 2.46. The van der Waals surface area contributed by atoms with Crippen LogP contribution in [-0.2, 0) is 9.59 Å². The predicted octanol–water partition coefficient (Wildman–Crippen LogP) is 2.30. The molecule has 0 aromatic carbocycles. The van der Waals surface area contributed by atoms with Crippen LogP contribution in [-0.4, -0.2) is 43.2 Å². The second kappa shape index (κ2) is 8.68. The van der Waals surface area contributed by atoms with E-state index >= 15 is 0 Å². The summed E-state index contributed by atoms with van der Waals surface area (Å²) in [5.41, 5.74) is 0. The topological polar surface area (TPSA) is 70.2 Å². The lowest BCUT2D eigenvalue weighted by Crippen LogP contribution is -2.49. The van der Waals surface area contributed by atoms with Crippen LogP contribution in [0.2, 0.25) is 0 Å². The van der Waals surface area contributed by atoms with Crippen molar-refractivity contribution in [3.8, 4) is 0 Å². The summed E-state index contributed by atoms with van der Waals surface area (Å²) >= 11 is 0. The molecule has 2 saturated carbocycles. The van der Waals surface area contributed by atoms with E-state index in [0.29, 0.717) is 31.1 Å². The highest BCUT2D eigenvalue weighted by Crippen LogP contribution is 2.38. The number of carbonyl (C=O) groups is 2. The molecule has 3 rings (SSSR count). The summed E-state index contributed by atoms with van der Waals surface area (Å²) in [5, 5.41) is 9.29. The fourth-order valence-corrected chi connectivity index (χ4v) is 5.25. The van der Waals surface area contributed by atoms with Gasteiger partial charge in [0.1, 0.15) is 6.17 Å². The number of carbonyl (C=O) groups excluding carboxylic acids is 2. The molecule has 26 heavy (non-hydrogen) atoms. The normalized spacial score (nSPS) is 39.9. The molecule has 0 aromatic heterocycles. The molecule has 7 unspecified atom stereocenters. The van der Waals surface area contributed by atoms with Crippen LogP contribution in [0.3, 0.4) is 0 Å². The Bertz CT molecular complexity index is 497. The van der Waals surface area contributed by atoms with Gasteiger partial charge in [-0.15, -0.1) is 0 Å². The van der Waals surface area contributed by atoms with Gasteiger partial charge in [0.2, 0.25) is 11.8 Å². The third-order valence-corrected chi connectivity index (χ3v) is 6.84. The number of halogens is 1. The molecule has 2 amide bonds. The molecule has 6 heteroatoms. The van der Waals surface area contributed by atoms with E-state index in [1.807, 2.05) is 0 Å². The molecule has 3 fully saturated rings. The molecule has 1 heterocycles. The fourth-order valence-electron chi connectivity index (χ4n) is 5.25. The van der Waals surface area contributed by atoms with Gasteiger partial charge in [-0.2, -0.15) is 0 Å². The largest absolute Gasteiger partial charge is 0.359 e. The number of alkyl halides is 1. The first-order valence-corrected chi connectivity index (χ1v) is 10.4. The van der Waals surface area contributed by atoms with Crippen molar-refractivity contribution in [2.75, 3.05) is 7.05 Å². The minimum absolute atomic E-state index is 0.0128. The predicted molar refractivity (Wildman–Crippen MR) is 99.3 cm³/mol. The molecular formula is C20H34FN3O2. The molecule has 1 aliphatic heterocycles. The lowest BCUT2D eigenvalue weighted by atomic mass is 9.77. The minimum Gasteiger partial charge on any atom is -0.359 e. The van der Waals surface area contributed by atoms with E-state index in [4.69, 9.17) is 0 Å². The summed E-state index contributed by atoms with van der Waals surface area (Å²) in [7, 11) is 1.67. The van der Waals surface area contributed by atoms with Crippen LogP contribution in [0.4, 0.5) is 4.39 Å². The van der Waals surface area contributed by atoms with E-state index in [2.05, 4.69) is 22.9 Å². The Hall–Kier alpha value is -1.17. The maximum atomic E-state index is 14.2. The number of nitrogens with one attached hydrogen (secondary N) is 3. The third-order valence-electron chi connectivity index (χ3n) is 6.84. The van der Waals surface area contributed by atoms with Crippen LogP contribution >= 0.6 is 0 Å². The van der Waals surface area contributed by atoms with Crippen molar-refractivity contribution in [3.63, 3.8) is 0 Å². The van der Waals surface area contributed by atoms with Gasteiger partial charge in [0.05, 0.1) is 6.04 Å². The second-order valence-corrected chi connectivity index (χ2v) is 8.67. The number of hydrogen-bond acceptors (Lipinski definition) is 3. The molecule has 3 aliphatic rings. The van der Waals surface area contributed by atoms with Gasteiger partial charge >= 0.3 is 0 Å². The lowest BCUT2D eigenvalue weighted by Gasteiger charge is -2.33. The van der Waals surface area contributed by atoms with Crippen LogP contribution < -0.4 is 16.0 Å². The maximum Gasteiger partial charge on any atom is 0.237 e. The van der Waals surface area contributed by atoms with E-state index in [-0.39, 0.29) is 35.9 Å². The summed E-state index contributed by atoms with van der Waals surface area (Å²) in [6.45, 7) is 2.16. The quantitative estimate of drug-likeness (QED) is 0.698. The van der Waals surface area contributed by atoms with Crippen LogP contribution in [0, 0.1) is 17.8 Å². The van der Waals surface area contributed by atoms with E-state index in [1.54, 1.807) is 7.05 Å². The zero-order valence-corrected chi connectivity index (χ0v) is 16.1. The van der Waals surface area contributed by atoms with Gasteiger partial charge in [-0.25, -0.2) is 4.39 Å². The summed E-state index contributed by atoms with van der Waals surface area (Å²) < 4.78 is 14.2. The van der Waals surface area contributed by atoms with Gasteiger partial charge in [0, 0.05) is 31.5 Å². The summed E-state index contributed by atoms with van der Waals surface area (Å²) in [4.78, 5) is 24.2. The first kappa shape index (κ1) is 19.6. The standard InChI is InChI=1S/C20H34FN3O2/c1-12-6-8-16(21)15-11-17(24-19(12)15)20(26)23-14-5-3-4-13(10-14)7-9-18(25)22-2/h12-17,19,24H,3-11H2,1-2H3,(H,22,25)(H,23,26). The maximum absolute atomic E-state index is 14.2. The van der Waals surface area contributed by atoms with Gasteiger partial charge in [-0.1, -0.05) is 19.8 Å². The van der Waals surface area contributed by atoms with Crippen molar-refractivity contribution < 1.29 is 14.0 Å². The molecule has 0 aromatic rings. The van der Waals surface area contributed by atoms with Crippen LogP contribution in [0.5, 0.6) is 0 Å². The Morgan fingerprint density at radius 2 is 1.96 bits per heavy atom. The SMILES string of the molecule is CNC(=O)CCC1CCCC(NC(=O)C2CC3C(F)CCC(C)C3N2)C1. The Balaban J connectivity index is 1.48. The lowest BCUT2D eigenvalue weighted by molar-refractivity contribution is -0.124. The summed E-state index contributed by atoms with van der Waals surface area (Å²) in [5.74, 6) is 1.05. The van der Waals surface area contributed by atoms with E-state index < -0.39 is 6.17 Å². The Labute approximate surface area is 156 Å². The zero-order chi connectivity index (χ0) is 18.7. The Morgan fingerprint density at radius 3 is 2.69 bits per heavy atom. The van der Waals surface area contributed by atoms with Gasteiger partial charge in [-0.05, 0) is 50.4 Å². The molecular weight excluding hydrogens is 333 g/mol. The van der Waals surface area contributed by atoms with E-state index in [1.165, 1.54) is 0 Å². The molecule has 1 saturated heterocycles. The van der Waals surface area contributed by atoms with Crippen LogP contribution in [0.15, 0.2) is 0 Å². The van der Waals surface area contributed by atoms with Gasteiger partial charge in [0.25, 0.3) is 0 Å². The molecule has 3 N–H and O–H groups in total. The molecule has 0 spiro atoms. The molecule has 148 valence electrons. The van der Waals surface area contributed by atoms with Gasteiger partial charge < -0.3 is 16.0 Å². The van der Waals surface area contributed by atoms with Crippen molar-refractivity contribution in [2.24, 2.45) is 17.8 Å². The zero-order valence-electron chi connectivity index (χ0n) is 16.1. The number of amides is 2. The second-order valence-electron chi connectivity index (χ2n) is 8.67. The van der Waals surface area contributed by atoms with Crippen molar-refractivity contribution in [2.45, 2.75) is 89.0 Å². The van der Waals surface area contributed by atoms with E-state index in [9.17, 15) is 14.0 Å².